The molecule has 0 amide bonds. The fourth-order valence-corrected chi connectivity index (χ4v) is 9.23. The molecule has 2 aromatic rings. The Hall–Kier alpha value is -1.64. The van der Waals surface area contributed by atoms with Crippen LogP contribution in [0, 0.1) is 0 Å². The molecule has 4 atom stereocenters. The molecule has 3 saturated heterocycles. The third-order valence-electron chi connectivity index (χ3n) is 8.98. The number of phenolic OH excluding ortho intramolecular Hbond substituents is 3. The molecule has 65 heavy (non-hydrogen) atoms. The fraction of sp³-hybridized carbons (Fsp3) is 0.745. The van der Waals surface area contributed by atoms with E-state index in [-0.39, 0.29) is 41.4 Å². The molecule has 2 aromatic carbocycles. The number of phenols is 3. The molecule has 5 rings (SSSR count). The van der Waals surface area contributed by atoms with Crippen LogP contribution in [0.5, 0.6) is 23.0 Å². The summed E-state index contributed by atoms with van der Waals surface area (Å²) in [5.41, 5.74) is 0. The zero-order valence-corrected chi connectivity index (χ0v) is 48.0. The smallest absolute Gasteiger partial charge is 0.166 e. The van der Waals surface area contributed by atoms with Crippen LogP contribution >= 0.6 is 0 Å². The molecule has 0 bridgehead atoms. The summed E-state index contributed by atoms with van der Waals surface area (Å²) < 4.78 is 42.1. The van der Waals surface area contributed by atoms with Gasteiger partial charge in [-0.2, -0.15) is 0 Å². The van der Waals surface area contributed by atoms with Crippen molar-refractivity contribution >= 4 is 43.5 Å². The van der Waals surface area contributed by atoms with Crippen molar-refractivity contribution in [1.29, 1.82) is 0 Å². The van der Waals surface area contributed by atoms with Gasteiger partial charge < -0.3 is 63.1 Å². The Kier molecular flexibility index (Phi) is 39.3. The number of benzene rings is 2. The monoisotopic (exact) mass is 1010 g/mol. The maximum absolute atomic E-state index is 9.68. The second-order valence-corrected chi connectivity index (χ2v) is 37.4. The van der Waals surface area contributed by atoms with E-state index in [0.29, 0.717) is 37.3 Å². The molecule has 380 valence electrons. The molecular formula is C47H94O13Si5. The zero-order valence-electron chi connectivity index (χ0n) is 42.4. The first-order valence-electron chi connectivity index (χ1n) is 24.2. The average molecular weight is 1010 g/mol. The second-order valence-electron chi connectivity index (χ2n) is 19.5. The first kappa shape index (κ1) is 63.4. The summed E-state index contributed by atoms with van der Waals surface area (Å²) in [5.74, 6) is 1.16. The van der Waals surface area contributed by atoms with E-state index in [0.717, 1.165) is 65.9 Å². The van der Waals surface area contributed by atoms with Gasteiger partial charge in [-0.05, 0) is 87.3 Å². The molecule has 3 fully saturated rings. The van der Waals surface area contributed by atoms with Crippen LogP contribution in [0.3, 0.4) is 0 Å². The predicted octanol–water partition coefficient (Wildman–Crippen LogP) is 7.77. The van der Waals surface area contributed by atoms with Gasteiger partial charge in [0.15, 0.2) is 9.04 Å². The molecule has 0 radical (unpaired) electrons. The lowest BCUT2D eigenvalue weighted by Crippen LogP contribution is -2.23. The third-order valence-corrected chi connectivity index (χ3v) is 15.5. The third kappa shape index (κ3) is 53.2. The number of hydrogen-bond donors (Lipinski definition) is 5. The van der Waals surface area contributed by atoms with Gasteiger partial charge in [-0.25, -0.2) is 0 Å². The summed E-state index contributed by atoms with van der Waals surface area (Å²) in [5, 5.41) is 36.1. The van der Waals surface area contributed by atoms with E-state index in [1.54, 1.807) is 24.3 Å². The standard InChI is InChI=1S/C14H24O4Si.C9H20O2Si.2C8H18O2Si.C6H6O2.C2H8OSi/c1-19(2)9-3-8-17-10-13(16)11-18-14-6-4-12(15)5-7-14;1-12(2,3)6-4-5-10-7-9-8-11-9;2*1-11(2)5-3-4-9-6-8-7-10-8;7-5-1-2-6(8)4-3-5;1-4(2)3/h4-7,13,15-16,19H,3,8-11H2,1-2H3;9H,4-8H2,1-3H3;2*8,11H,3-7H2,1-2H3;1-4,7-8H;3-4H,1-2H3. The number of ether oxygens (including phenoxy) is 8. The van der Waals surface area contributed by atoms with Crippen molar-refractivity contribution < 1.29 is 63.1 Å². The Bertz CT molecular complexity index is 1270. The highest BCUT2D eigenvalue weighted by Gasteiger charge is 2.23. The summed E-state index contributed by atoms with van der Waals surface area (Å²) in [6, 6.07) is 17.6. The minimum absolute atomic E-state index is 0.169. The van der Waals surface area contributed by atoms with Crippen molar-refractivity contribution in [3.8, 4) is 23.0 Å². The van der Waals surface area contributed by atoms with Crippen LogP contribution in [0.25, 0.3) is 0 Å². The molecular weight excluding hydrogens is 913 g/mol. The number of aliphatic hydroxyl groups is 1. The Labute approximate surface area is 402 Å². The van der Waals surface area contributed by atoms with E-state index in [2.05, 4.69) is 58.9 Å². The molecule has 0 aliphatic carbocycles. The van der Waals surface area contributed by atoms with Gasteiger partial charge in [-0.3, -0.25) is 0 Å². The fourth-order valence-electron chi connectivity index (χ4n) is 5.08. The van der Waals surface area contributed by atoms with E-state index in [1.807, 2.05) is 13.1 Å². The van der Waals surface area contributed by atoms with Gasteiger partial charge in [0.25, 0.3) is 0 Å². The average Bonchev–Trinajstić information content (AvgIpc) is 4.06. The summed E-state index contributed by atoms with van der Waals surface area (Å²) in [4.78, 5) is 8.19. The van der Waals surface area contributed by atoms with Crippen LogP contribution in [-0.2, 0) is 33.2 Å². The maximum Gasteiger partial charge on any atom is 0.166 e. The summed E-state index contributed by atoms with van der Waals surface area (Å²) in [6.45, 7) is 34.3. The number of aliphatic hydroxyl groups excluding tert-OH is 1. The predicted molar refractivity (Wildman–Crippen MR) is 281 cm³/mol. The lowest BCUT2D eigenvalue weighted by Gasteiger charge is -2.14. The Morgan fingerprint density at radius 1 is 0.538 bits per heavy atom. The van der Waals surface area contributed by atoms with Crippen LogP contribution in [-0.4, -0.2) is 172 Å². The summed E-state index contributed by atoms with van der Waals surface area (Å²) in [7, 11) is -3.12. The SMILES string of the molecule is C[SiH](C)CCCOCC(O)COc1ccc(O)cc1.C[SiH](C)CCCOCC1CO1.C[SiH](C)CCCOCC1CO1.C[SiH](C)O.C[Si](C)(C)CCCOCC1CO1.Oc1ccc(O)cc1. The molecule has 13 nitrogen and oxygen atoms in total. The zero-order chi connectivity index (χ0) is 48.9. The molecule has 5 N–H and O–H groups in total. The number of hydrogen-bond acceptors (Lipinski definition) is 13. The molecule has 3 aliphatic rings. The maximum atomic E-state index is 9.68. The van der Waals surface area contributed by atoms with Crippen LogP contribution in [0.15, 0.2) is 48.5 Å². The molecule has 4 unspecified atom stereocenters. The van der Waals surface area contributed by atoms with Crippen LogP contribution in [0.2, 0.25) is 96.2 Å². The first-order chi connectivity index (χ1) is 30.7. The number of aromatic hydroxyl groups is 3. The number of epoxide rings is 3. The minimum Gasteiger partial charge on any atom is -0.508 e. The van der Waals surface area contributed by atoms with Gasteiger partial charge in [0.2, 0.25) is 0 Å². The number of rotatable bonds is 27. The van der Waals surface area contributed by atoms with E-state index >= 15 is 0 Å². The minimum atomic E-state index is -1.14. The quantitative estimate of drug-likeness (QED) is 0.0253. The highest BCUT2D eigenvalue weighted by atomic mass is 28.3. The Morgan fingerprint density at radius 2 is 0.846 bits per heavy atom. The highest BCUT2D eigenvalue weighted by Crippen LogP contribution is 2.17. The topological polar surface area (TPSA) is 185 Å². The lowest BCUT2D eigenvalue weighted by atomic mass is 10.3. The lowest BCUT2D eigenvalue weighted by molar-refractivity contribution is 0.0123. The van der Waals surface area contributed by atoms with Crippen LogP contribution in [0.1, 0.15) is 25.7 Å². The Morgan fingerprint density at radius 3 is 1.15 bits per heavy atom. The first-order valence-corrected chi connectivity index (χ1v) is 40.1. The largest absolute Gasteiger partial charge is 0.508 e. The molecule has 0 saturated carbocycles. The highest BCUT2D eigenvalue weighted by molar-refractivity contribution is 6.76. The van der Waals surface area contributed by atoms with Crippen molar-refractivity contribution in [3.63, 3.8) is 0 Å². The van der Waals surface area contributed by atoms with Gasteiger partial charge in [0.1, 0.15) is 54.0 Å². The van der Waals surface area contributed by atoms with Crippen molar-refractivity contribution in [1.82, 2.24) is 0 Å². The van der Waals surface area contributed by atoms with Crippen LogP contribution < -0.4 is 4.74 Å². The van der Waals surface area contributed by atoms with Gasteiger partial charge >= 0.3 is 0 Å². The molecule has 3 aliphatic heterocycles. The molecule has 18 heteroatoms. The van der Waals surface area contributed by atoms with Crippen molar-refractivity contribution in [3.05, 3.63) is 48.5 Å². The summed E-state index contributed by atoms with van der Waals surface area (Å²) in [6.07, 6.45) is 5.48. The van der Waals surface area contributed by atoms with Crippen molar-refractivity contribution in [2.24, 2.45) is 0 Å². The Balaban J connectivity index is 0.000000791. The second kappa shape index (κ2) is 40.3. The molecule has 3 heterocycles. The van der Waals surface area contributed by atoms with E-state index < -0.39 is 32.0 Å². The van der Waals surface area contributed by atoms with Gasteiger partial charge in [-0.15, -0.1) is 0 Å². The van der Waals surface area contributed by atoms with E-state index in [1.165, 1.54) is 67.7 Å². The van der Waals surface area contributed by atoms with Gasteiger partial charge in [0.05, 0.1) is 46.2 Å². The van der Waals surface area contributed by atoms with Crippen LogP contribution in [0.4, 0.5) is 0 Å². The summed E-state index contributed by atoms with van der Waals surface area (Å²) >= 11 is 0. The normalized spacial score (nSPS) is 17.2. The van der Waals surface area contributed by atoms with Gasteiger partial charge in [0, 0.05) is 60.9 Å². The van der Waals surface area contributed by atoms with Gasteiger partial charge in [-0.1, -0.05) is 83.1 Å². The van der Waals surface area contributed by atoms with Crippen molar-refractivity contribution in [2.75, 3.05) is 79.3 Å². The molecule has 0 aromatic heterocycles. The molecule has 0 spiro atoms. The van der Waals surface area contributed by atoms with Crippen molar-refractivity contribution in [2.45, 2.75) is 146 Å². The van der Waals surface area contributed by atoms with E-state index in [9.17, 15) is 5.11 Å². The van der Waals surface area contributed by atoms with E-state index in [4.69, 9.17) is 58.0 Å².